The van der Waals surface area contributed by atoms with E-state index in [0.717, 1.165) is 23.4 Å². The van der Waals surface area contributed by atoms with Gasteiger partial charge in [-0.2, -0.15) is 18.3 Å². The van der Waals surface area contributed by atoms with Crippen LogP contribution in [0.3, 0.4) is 0 Å². The van der Waals surface area contributed by atoms with Gasteiger partial charge < -0.3 is 15.4 Å². The van der Waals surface area contributed by atoms with Crippen molar-refractivity contribution < 1.29 is 17.9 Å². The first-order valence-corrected chi connectivity index (χ1v) is 9.33. The highest BCUT2D eigenvalue weighted by atomic mass is 127. The van der Waals surface area contributed by atoms with E-state index in [0.29, 0.717) is 12.5 Å². The van der Waals surface area contributed by atoms with Crippen molar-refractivity contribution in [3.05, 3.63) is 46.8 Å². The monoisotopic (exact) mass is 539 g/mol. The average molecular weight is 539 g/mol. The normalized spacial score (nSPS) is 12.9. The van der Waals surface area contributed by atoms with Crippen molar-refractivity contribution in [2.75, 3.05) is 13.7 Å². The molecule has 168 valence electrons. The van der Waals surface area contributed by atoms with Crippen LogP contribution in [-0.4, -0.2) is 41.6 Å². The number of aliphatic imine (C=N–C) groups is 1. The maximum atomic E-state index is 12.2. The smallest absolute Gasteiger partial charge is 0.422 e. The van der Waals surface area contributed by atoms with Gasteiger partial charge in [-0.3, -0.25) is 9.67 Å². The SMILES string of the molecule is CN=C(NCc1ccc(OCC(F)(F)F)cc1)NC(C)Cc1c(C)nn(C)c1C.I. The molecule has 0 fully saturated rings. The first-order valence-electron chi connectivity index (χ1n) is 9.33. The minimum absolute atomic E-state index is 0. The van der Waals surface area contributed by atoms with Gasteiger partial charge in [0.1, 0.15) is 5.75 Å². The largest absolute Gasteiger partial charge is 0.484 e. The van der Waals surface area contributed by atoms with E-state index in [9.17, 15) is 13.2 Å². The molecule has 0 aliphatic rings. The van der Waals surface area contributed by atoms with Crippen LogP contribution < -0.4 is 15.4 Å². The lowest BCUT2D eigenvalue weighted by atomic mass is 10.1. The molecule has 1 aromatic heterocycles. The van der Waals surface area contributed by atoms with Gasteiger partial charge in [-0.1, -0.05) is 12.1 Å². The summed E-state index contributed by atoms with van der Waals surface area (Å²) in [5.74, 6) is 0.832. The van der Waals surface area contributed by atoms with Crippen LogP contribution in [-0.2, 0) is 20.0 Å². The number of alkyl halides is 3. The highest BCUT2D eigenvalue weighted by molar-refractivity contribution is 14.0. The quantitative estimate of drug-likeness (QED) is 0.319. The van der Waals surface area contributed by atoms with E-state index in [1.165, 1.54) is 17.7 Å². The molecule has 0 aliphatic heterocycles. The second-order valence-corrected chi connectivity index (χ2v) is 7.00. The van der Waals surface area contributed by atoms with E-state index in [2.05, 4.69) is 34.6 Å². The Morgan fingerprint density at radius 3 is 2.37 bits per heavy atom. The zero-order valence-electron chi connectivity index (χ0n) is 17.8. The predicted molar refractivity (Wildman–Crippen MR) is 123 cm³/mol. The van der Waals surface area contributed by atoms with Crippen molar-refractivity contribution in [2.24, 2.45) is 12.0 Å². The Labute approximate surface area is 192 Å². The fraction of sp³-hybridized carbons (Fsp3) is 0.500. The third-order valence-electron chi connectivity index (χ3n) is 4.56. The highest BCUT2D eigenvalue weighted by Gasteiger charge is 2.28. The Balaban J connectivity index is 0.00000450. The summed E-state index contributed by atoms with van der Waals surface area (Å²) in [5.41, 5.74) is 4.29. The van der Waals surface area contributed by atoms with Crippen molar-refractivity contribution in [3.63, 3.8) is 0 Å². The van der Waals surface area contributed by atoms with Gasteiger partial charge in [-0.15, -0.1) is 24.0 Å². The molecule has 0 radical (unpaired) electrons. The van der Waals surface area contributed by atoms with Crippen molar-refractivity contribution in [1.82, 2.24) is 20.4 Å². The Morgan fingerprint density at radius 2 is 1.87 bits per heavy atom. The van der Waals surface area contributed by atoms with Gasteiger partial charge in [-0.25, -0.2) is 0 Å². The number of halogens is 4. The second kappa shape index (κ2) is 11.4. The molecule has 30 heavy (non-hydrogen) atoms. The van der Waals surface area contributed by atoms with Crippen LogP contribution in [0.4, 0.5) is 13.2 Å². The molecule has 1 unspecified atom stereocenters. The first-order chi connectivity index (χ1) is 13.6. The van der Waals surface area contributed by atoms with Crippen molar-refractivity contribution in [3.8, 4) is 5.75 Å². The van der Waals surface area contributed by atoms with Gasteiger partial charge in [0.05, 0.1) is 5.69 Å². The number of nitrogens with zero attached hydrogens (tertiary/aromatic N) is 3. The molecule has 2 N–H and O–H groups in total. The topological polar surface area (TPSA) is 63.5 Å². The number of guanidine groups is 1. The lowest BCUT2D eigenvalue weighted by Crippen LogP contribution is -2.42. The summed E-state index contributed by atoms with van der Waals surface area (Å²) in [4.78, 5) is 4.23. The number of ether oxygens (including phenoxy) is 1. The third-order valence-corrected chi connectivity index (χ3v) is 4.56. The Morgan fingerprint density at radius 1 is 1.23 bits per heavy atom. The number of aryl methyl sites for hydroxylation is 2. The lowest BCUT2D eigenvalue weighted by molar-refractivity contribution is -0.153. The molecule has 0 amide bonds. The summed E-state index contributed by atoms with van der Waals surface area (Å²) in [6.07, 6.45) is -3.53. The van der Waals surface area contributed by atoms with Gasteiger partial charge in [0, 0.05) is 32.4 Å². The lowest BCUT2D eigenvalue weighted by Gasteiger charge is -2.18. The van der Waals surface area contributed by atoms with Crippen LogP contribution in [0.5, 0.6) is 5.75 Å². The van der Waals surface area contributed by atoms with Gasteiger partial charge in [0.25, 0.3) is 0 Å². The molecule has 2 aromatic rings. The van der Waals surface area contributed by atoms with E-state index < -0.39 is 12.8 Å². The Kier molecular flexibility index (Phi) is 9.92. The van der Waals surface area contributed by atoms with Gasteiger partial charge in [0.2, 0.25) is 0 Å². The maximum absolute atomic E-state index is 12.2. The summed E-state index contributed by atoms with van der Waals surface area (Å²) < 4.78 is 43.2. The third kappa shape index (κ3) is 8.04. The summed E-state index contributed by atoms with van der Waals surface area (Å²) in [5, 5.41) is 11.0. The molecule has 1 aromatic carbocycles. The second-order valence-electron chi connectivity index (χ2n) is 7.00. The molecule has 0 saturated carbocycles. The van der Waals surface area contributed by atoms with Crippen molar-refractivity contribution in [2.45, 2.75) is 46.0 Å². The van der Waals surface area contributed by atoms with Crippen LogP contribution in [0.25, 0.3) is 0 Å². The van der Waals surface area contributed by atoms with Crippen molar-refractivity contribution in [1.29, 1.82) is 0 Å². The van der Waals surface area contributed by atoms with E-state index >= 15 is 0 Å². The molecule has 2 rings (SSSR count). The van der Waals surface area contributed by atoms with Crippen LogP contribution >= 0.6 is 24.0 Å². The fourth-order valence-corrected chi connectivity index (χ4v) is 2.95. The first kappa shape index (κ1) is 26.1. The minimum Gasteiger partial charge on any atom is -0.484 e. The summed E-state index contributed by atoms with van der Waals surface area (Å²) >= 11 is 0. The fourth-order valence-electron chi connectivity index (χ4n) is 2.95. The van der Waals surface area contributed by atoms with E-state index in [-0.39, 0.29) is 35.8 Å². The number of aromatic nitrogens is 2. The van der Waals surface area contributed by atoms with Crippen molar-refractivity contribution >= 4 is 29.9 Å². The zero-order valence-corrected chi connectivity index (χ0v) is 20.1. The van der Waals surface area contributed by atoms with Gasteiger partial charge in [0.15, 0.2) is 12.6 Å². The number of rotatable bonds is 7. The molecule has 10 heteroatoms. The average Bonchev–Trinajstić information content (AvgIpc) is 2.89. The van der Waals surface area contributed by atoms with Crippen LogP contribution in [0.15, 0.2) is 29.3 Å². The van der Waals surface area contributed by atoms with Crippen LogP contribution in [0, 0.1) is 13.8 Å². The number of nitrogens with one attached hydrogen (secondary N) is 2. The predicted octanol–water partition coefficient (Wildman–Crippen LogP) is 3.89. The number of hydrogen-bond donors (Lipinski definition) is 2. The molecule has 0 saturated heterocycles. The van der Waals surface area contributed by atoms with Crippen LogP contribution in [0.2, 0.25) is 0 Å². The molecule has 0 spiro atoms. The van der Waals surface area contributed by atoms with Gasteiger partial charge >= 0.3 is 6.18 Å². The standard InChI is InChI=1S/C20H28F3N5O.HI/c1-13(10-18-14(2)27-28(5)15(18)3)26-19(24-4)25-11-16-6-8-17(9-7-16)29-12-20(21,22)23;/h6-9,13H,10-12H2,1-5H3,(H2,24,25,26);1H. The number of benzene rings is 1. The minimum atomic E-state index is -4.35. The number of hydrogen-bond acceptors (Lipinski definition) is 3. The summed E-state index contributed by atoms with van der Waals surface area (Å²) in [7, 11) is 3.63. The molecular weight excluding hydrogens is 510 g/mol. The summed E-state index contributed by atoms with van der Waals surface area (Å²) in [6, 6.07) is 6.63. The highest BCUT2D eigenvalue weighted by Crippen LogP contribution is 2.19. The molecule has 6 nitrogen and oxygen atoms in total. The van der Waals surface area contributed by atoms with Gasteiger partial charge in [-0.05, 0) is 50.5 Å². The Hall–Kier alpha value is -1.98. The van der Waals surface area contributed by atoms with E-state index in [1.807, 2.05) is 18.7 Å². The van der Waals surface area contributed by atoms with E-state index in [4.69, 9.17) is 4.74 Å². The molecular formula is C20H29F3IN5O. The molecule has 0 aliphatic carbocycles. The van der Waals surface area contributed by atoms with Crippen LogP contribution in [0.1, 0.15) is 29.4 Å². The maximum Gasteiger partial charge on any atom is 0.422 e. The molecule has 0 bridgehead atoms. The van der Waals surface area contributed by atoms with E-state index in [1.54, 1.807) is 19.2 Å². The summed E-state index contributed by atoms with van der Waals surface area (Å²) in [6.45, 7) is 5.32. The Bertz CT molecular complexity index is 834. The molecule has 1 atom stereocenters. The molecule has 1 heterocycles. The zero-order chi connectivity index (χ0) is 21.6.